The van der Waals surface area contributed by atoms with Crippen molar-refractivity contribution in [1.29, 1.82) is 0 Å². The highest BCUT2D eigenvalue weighted by Crippen LogP contribution is 2.13. The Hall–Kier alpha value is -0.920. The van der Waals surface area contributed by atoms with Crippen LogP contribution in [0.5, 0.6) is 0 Å². The summed E-state index contributed by atoms with van der Waals surface area (Å²) in [4.78, 5) is 8.54. The molecule has 0 fully saturated rings. The first kappa shape index (κ1) is 26.6. The van der Waals surface area contributed by atoms with E-state index in [-0.39, 0.29) is 0 Å². The fourth-order valence-electron chi connectivity index (χ4n) is 1.13. The number of aromatic nitrogens is 2. The summed E-state index contributed by atoms with van der Waals surface area (Å²) >= 11 is 0. The van der Waals surface area contributed by atoms with E-state index in [4.69, 9.17) is 0 Å². The lowest BCUT2D eigenvalue weighted by Gasteiger charge is -2.07. The molecule has 0 aromatic carbocycles. The van der Waals surface area contributed by atoms with Crippen LogP contribution < -0.4 is 0 Å². The van der Waals surface area contributed by atoms with Crippen molar-refractivity contribution in [3.8, 4) is 0 Å². The Kier molecular flexibility index (Phi) is 36.1. The second-order valence-electron chi connectivity index (χ2n) is 2.90. The first-order valence-corrected chi connectivity index (χ1v) is 8.05. The van der Waals surface area contributed by atoms with Gasteiger partial charge >= 0.3 is 0 Å². The molecule has 1 aromatic rings. The van der Waals surface area contributed by atoms with Gasteiger partial charge in [0.1, 0.15) is 0 Å². The van der Waals surface area contributed by atoms with Crippen LogP contribution in [0.25, 0.3) is 0 Å². The minimum Gasteiger partial charge on any atom is -0.258 e. The Bertz CT molecular complexity index is 232. The molecule has 1 heterocycles. The maximum absolute atomic E-state index is 4.29. The highest BCUT2D eigenvalue weighted by molar-refractivity contribution is 5.13. The van der Waals surface area contributed by atoms with E-state index in [2.05, 4.69) is 30.7 Å². The monoisotopic (exact) mass is 270 g/mol. The lowest BCUT2D eigenvalue weighted by atomic mass is 10.1. The molecule has 0 N–H and O–H groups in total. The molecule has 0 unspecified atom stereocenters. The second kappa shape index (κ2) is 25.8. The number of nitrogens with zero attached hydrogens (tertiary/aromatic N) is 2. The van der Waals surface area contributed by atoms with Gasteiger partial charge in [0.2, 0.25) is 0 Å². The van der Waals surface area contributed by atoms with Crippen molar-refractivity contribution >= 4 is 0 Å². The molecule has 0 aliphatic carbocycles. The van der Waals surface area contributed by atoms with Crippen molar-refractivity contribution in [2.75, 3.05) is 0 Å². The van der Waals surface area contributed by atoms with Crippen LogP contribution in [0.15, 0.2) is 12.4 Å². The molecule has 19 heavy (non-hydrogen) atoms. The van der Waals surface area contributed by atoms with Gasteiger partial charge in [-0.15, -0.1) is 0 Å². The van der Waals surface area contributed by atoms with E-state index in [1.165, 1.54) is 0 Å². The largest absolute Gasteiger partial charge is 0.258 e. The highest BCUT2D eigenvalue weighted by Gasteiger charge is 2.05. The van der Waals surface area contributed by atoms with Gasteiger partial charge in [0.15, 0.2) is 0 Å². The molecule has 2 nitrogen and oxygen atoms in total. The summed E-state index contributed by atoms with van der Waals surface area (Å²) in [5.41, 5.74) is 2.26. The van der Waals surface area contributed by atoms with E-state index in [0.717, 1.165) is 17.8 Å². The maximum Gasteiger partial charge on any atom is 0.0643 e. The molecular formula is C17H38N2. The van der Waals surface area contributed by atoms with E-state index in [1.54, 1.807) is 12.4 Å². The predicted octanol–water partition coefficient (Wildman–Crippen LogP) is 6.27. The van der Waals surface area contributed by atoms with Crippen molar-refractivity contribution in [2.24, 2.45) is 0 Å². The molecule has 0 aliphatic heterocycles. The number of hydrogen-bond acceptors (Lipinski definition) is 2. The Morgan fingerprint density at radius 1 is 0.789 bits per heavy atom. The van der Waals surface area contributed by atoms with Gasteiger partial charge < -0.3 is 0 Å². The van der Waals surface area contributed by atoms with E-state index in [0.29, 0.717) is 5.92 Å². The lowest BCUT2D eigenvalue weighted by Crippen LogP contribution is -2.00. The Morgan fingerprint density at radius 3 is 1.42 bits per heavy atom. The number of aryl methyl sites for hydroxylation is 1. The van der Waals surface area contributed by atoms with Gasteiger partial charge in [0.25, 0.3) is 0 Å². The zero-order chi connectivity index (χ0) is 16.3. The summed E-state index contributed by atoms with van der Waals surface area (Å²) in [5, 5.41) is 0. The van der Waals surface area contributed by atoms with Gasteiger partial charge in [0, 0.05) is 12.4 Å². The van der Waals surface area contributed by atoms with Gasteiger partial charge in [-0.1, -0.05) is 76.2 Å². The van der Waals surface area contributed by atoms with Crippen LogP contribution in [0.3, 0.4) is 0 Å². The fourth-order valence-corrected chi connectivity index (χ4v) is 1.13. The third-order valence-electron chi connectivity index (χ3n) is 1.69. The molecule has 0 saturated carbocycles. The zero-order valence-electron chi connectivity index (χ0n) is 15.3. The van der Waals surface area contributed by atoms with Crippen LogP contribution >= 0.6 is 0 Å². The van der Waals surface area contributed by atoms with E-state index >= 15 is 0 Å². The van der Waals surface area contributed by atoms with Crippen LogP contribution in [0.1, 0.15) is 93.5 Å². The first-order chi connectivity index (χ1) is 9.25. The van der Waals surface area contributed by atoms with Gasteiger partial charge in [0.05, 0.1) is 11.4 Å². The summed E-state index contributed by atoms with van der Waals surface area (Å²) in [7, 11) is 0. The molecule has 116 valence electrons. The average molecular weight is 271 g/mol. The van der Waals surface area contributed by atoms with Gasteiger partial charge in [-0.2, -0.15) is 0 Å². The molecule has 0 radical (unpaired) electrons. The summed E-state index contributed by atoms with van der Waals surface area (Å²) in [6, 6.07) is 0. The fraction of sp³-hybridized carbons (Fsp3) is 0.765. The van der Waals surface area contributed by atoms with E-state index in [1.807, 2.05) is 55.4 Å². The number of hydrogen-bond donors (Lipinski definition) is 0. The van der Waals surface area contributed by atoms with Crippen LogP contribution in [0.4, 0.5) is 0 Å². The minimum atomic E-state index is 0.485. The lowest BCUT2D eigenvalue weighted by molar-refractivity contribution is 0.778. The number of rotatable bonds is 2. The third-order valence-corrected chi connectivity index (χ3v) is 1.69. The molecule has 1 aromatic heterocycles. The van der Waals surface area contributed by atoms with Gasteiger partial charge in [-0.3, -0.25) is 9.97 Å². The predicted molar refractivity (Wildman–Crippen MR) is 90.9 cm³/mol. The SMILES string of the molecule is CC.CC.CC.CC.CCc1nccnc1C(C)C. The van der Waals surface area contributed by atoms with Crippen LogP contribution in [-0.4, -0.2) is 9.97 Å². The molecule has 0 bridgehead atoms. The second-order valence-corrected chi connectivity index (χ2v) is 2.90. The van der Waals surface area contributed by atoms with Crippen LogP contribution in [-0.2, 0) is 6.42 Å². The smallest absolute Gasteiger partial charge is 0.0643 e. The summed E-state index contributed by atoms with van der Waals surface area (Å²) in [6.45, 7) is 22.4. The summed E-state index contributed by atoms with van der Waals surface area (Å²) < 4.78 is 0. The highest BCUT2D eigenvalue weighted by atomic mass is 14.8. The van der Waals surface area contributed by atoms with Crippen LogP contribution in [0.2, 0.25) is 0 Å². The van der Waals surface area contributed by atoms with Crippen LogP contribution in [0, 0.1) is 0 Å². The first-order valence-electron chi connectivity index (χ1n) is 8.05. The maximum atomic E-state index is 4.29. The summed E-state index contributed by atoms with van der Waals surface area (Å²) in [6.07, 6.45) is 4.49. The van der Waals surface area contributed by atoms with Crippen molar-refractivity contribution in [3.63, 3.8) is 0 Å². The standard InChI is InChI=1S/C9H14N2.4C2H6/c1-4-8-9(7(2)3)11-6-5-10-8;4*1-2/h5-7H,4H2,1-3H3;4*1-2H3. The average Bonchev–Trinajstić information content (AvgIpc) is 2.55. The molecular weight excluding hydrogens is 232 g/mol. The van der Waals surface area contributed by atoms with Crippen molar-refractivity contribution in [3.05, 3.63) is 23.8 Å². The zero-order valence-corrected chi connectivity index (χ0v) is 15.3. The molecule has 0 saturated heterocycles. The van der Waals surface area contributed by atoms with Gasteiger partial charge in [-0.05, 0) is 12.3 Å². The molecule has 2 heteroatoms. The minimum absolute atomic E-state index is 0.485. The molecule has 0 spiro atoms. The topological polar surface area (TPSA) is 25.8 Å². The van der Waals surface area contributed by atoms with E-state index in [9.17, 15) is 0 Å². The Labute approximate surface area is 123 Å². The Balaban J connectivity index is -0.000000121. The summed E-state index contributed by atoms with van der Waals surface area (Å²) in [5.74, 6) is 0.485. The quantitative estimate of drug-likeness (QED) is 0.633. The molecule has 0 aliphatic rings. The van der Waals surface area contributed by atoms with Crippen molar-refractivity contribution in [1.82, 2.24) is 9.97 Å². The van der Waals surface area contributed by atoms with E-state index < -0.39 is 0 Å². The molecule has 1 rings (SSSR count). The van der Waals surface area contributed by atoms with Crippen molar-refractivity contribution < 1.29 is 0 Å². The van der Waals surface area contributed by atoms with Crippen molar-refractivity contribution in [2.45, 2.75) is 88.5 Å². The Morgan fingerprint density at radius 2 is 1.16 bits per heavy atom. The molecule has 0 amide bonds. The third kappa shape index (κ3) is 15.0. The normalized spacial score (nSPS) is 7.37. The van der Waals surface area contributed by atoms with Gasteiger partial charge in [-0.25, -0.2) is 0 Å². The molecule has 0 atom stereocenters.